The van der Waals surface area contributed by atoms with E-state index in [1.54, 1.807) is 0 Å². The minimum absolute atomic E-state index is 0.0490. The predicted octanol–water partition coefficient (Wildman–Crippen LogP) is 3.40. The number of hydrogen-bond acceptors (Lipinski definition) is 5. The zero-order chi connectivity index (χ0) is 16.1. The van der Waals surface area contributed by atoms with E-state index in [2.05, 4.69) is 14.9 Å². The van der Waals surface area contributed by atoms with Crippen LogP contribution in [0.15, 0.2) is 11.1 Å². The molecular weight excluding hydrogens is 320 g/mol. The van der Waals surface area contributed by atoms with Crippen molar-refractivity contribution in [1.29, 1.82) is 0 Å². The number of rotatable bonds is 1. The maximum atomic E-state index is 12.2. The van der Waals surface area contributed by atoms with Gasteiger partial charge in [0.15, 0.2) is 0 Å². The summed E-state index contributed by atoms with van der Waals surface area (Å²) in [5.41, 5.74) is 3.61. The van der Waals surface area contributed by atoms with Gasteiger partial charge in [0.25, 0.3) is 5.56 Å². The average molecular weight is 340 g/mol. The minimum Gasteiger partial charge on any atom is -0.356 e. The van der Waals surface area contributed by atoms with Crippen molar-refractivity contribution >= 4 is 37.6 Å². The van der Waals surface area contributed by atoms with Crippen LogP contribution in [0.1, 0.15) is 43.2 Å². The number of fused-ring (bicyclic) bond motifs is 5. The van der Waals surface area contributed by atoms with Crippen LogP contribution in [-0.4, -0.2) is 28.0 Å². The summed E-state index contributed by atoms with van der Waals surface area (Å²) in [5.74, 6) is 1.18. The summed E-state index contributed by atoms with van der Waals surface area (Å²) in [6.45, 7) is 2.21. The normalized spacial score (nSPS) is 18.2. The Bertz CT molecular complexity index is 984. The lowest BCUT2D eigenvalue weighted by Gasteiger charge is -2.31. The van der Waals surface area contributed by atoms with E-state index in [-0.39, 0.29) is 5.56 Å². The smallest absolute Gasteiger partial charge is 0.268 e. The number of aromatic nitrogens is 3. The van der Waals surface area contributed by atoms with Gasteiger partial charge in [0.1, 0.15) is 15.3 Å². The fourth-order valence-electron chi connectivity index (χ4n) is 4.22. The summed E-state index contributed by atoms with van der Waals surface area (Å²) in [5, 5.41) is 1.14. The van der Waals surface area contributed by atoms with Gasteiger partial charge in [-0.1, -0.05) is 0 Å². The van der Waals surface area contributed by atoms with Crippen molar-refractivity contribution in [3.05, 3.63) is 27.8 Å². The number of anilines is 1. The number of piperidine rings is 1. The van der Waals surface area contributed by atoms with Gasteiger partial charge < -0.3 is 9.88 Å². The first kappa shape index (κ1) is 14.4. The third-order valence-electron chi connectivity index (χ3n) is 5.36. The van der Waals surface area contributed by atoms with Gasteiger partial charge in [0.05, 0.1) is 11.8 Å². The van der Waals surface area contributed by atoms with Gasteiger partial charge in [0, 0.05) is 18.5 Å². The highest BCUT2D eigenvalue weighted by Gasteiger charge is 2.25. The van der Waals surface area contributed by atoms with E-state index in [9.17, 15) is 4.79 Å². The van der Waals surface area contributed by atoms with Gasteiger partial charge in [0.2, 0.25) is 0 Å². The van der Waals surface area contributed by atoms with Gasteiger partial charge in [-0.05, 0) is 56.1 Å². The lowest BCUT2D eigenvalue weighted by Crippen LogP contribution is -2.31. The first-order chi connectivity index (χ1) is 11.8. The molecule has 0 spiro atoms. The second-order valence-electron chi connectivity index (χ2n) is 6.84. The zero-order valence-electron chi connectivity index (χ0n) is 13.6. The molecule has 0 aromatic carbocycles. The summed E-state index contributed by atoms with van der Waals surface area (Å²) in [7, 11) is 0. The van der Waals surface area contributed by atoms with Gasteiger partial charge in [-0.3, -0.25) is 4.79 Å². The Morgan fingerprint density at radius 2 is 1.83 bits per heavy atom. The molecule has 0 bridgehead atoms. The van der Waals surface area contributed by atoms with Crippen molar-refractivity contribution in [2.24, 2.45) is 0 Å². The highest BCUT2D eigenvalue weighted by Crippen LogP contribution is 2.40. The molecule has 0 atom stereocenters. The van der Waals surface area contributed by atoms with Crippen LogP contribution in [0.3, 0.4) is 0 Å². The molecule has 1 N–H and O–H groups in total. The molecule has 0 radical (unpaired) electrons. The van der Waals surface area contributed by atoms with E-state index in [0.29, 0.717) is 4.70 Å². The Morgan fingerprint density at radius 3 is 2.67 bits per heavy atom. The molecule has 3 aromatic rings. The van der Waals surface area contributed by atoms with Crippen LogP contribution in [0.2, 0.25) is 0 Å². The van der Waals surface area contributed by atoms with E-state index in [0.717, 1.165) is 41.7 Å². The Morgan fingerprint density at radius 1 is 1.04 bits per heavy atom. The second kappa shape index (κ2) is 5.55. The van der Waals surface area contributed by atoms with Gasteiger partial charge in [-0.25, -0.2) is 9.97 Å². The predicted molar refractivity (Wildman–Crippen MR) is 98.2 cm³/mol. The van der Waals surface area contributed by atoms with Crippen molar-refractivity contribution in [3.63, 3.8) is 0 Å². The molecule has 3 aromatic heterocycles. The number of nitrogens with zero attached hydrogens (tertiary/aromatic N) is 3. The maximum absolute atomic E-state index is 12.2. The quantitative estimate of drug-likeness (QED) is 0.737. The Balaban J connectivity index is 1.83. The molecule has 5 nitrogen and oxygen atoms in total. The topological polar surface area (TPSA) is 61.9 Å². The first-order valence-electron chi connectivity index (χ1n) is 8.89. The maximum Gasteiger partial charge on any atom is 0.268 e. The molecule has 0 amide bonds. The third kappa shape index (κ3) is 2.09. The first-order valence-corrected chi connectivity index (χ1v) is 9.71. The van der Waals surface area contributed by atoms with E-state index >= 15 is 0 Å². The molecule has 4 heterocycles. The molecule has 124 valence electrons. The third-order valence-corrected chi connectivity index (χ3v) is 6.43. The van der Waals surface area contributed by atoms with E-state index in [4.69, 9.17) is 4.98 Å². The van der Waals surface area contributed by atoms with Crippen molar-refractivity contribution in [2.45, 2.75) is 44.9 Å². The summed E-state index contributed by atoms with van der Waals surface area (Å²) in [4.78, 5) is 27.9. The van der Waals surface area contributed by atoms with Crippen molar-refractivity contribution in [1.82, 2.24) is 15.0 Å². The van der Waals surface area contributed by atoms with Gasteiger partial charge in [-0.15, -0.1) is 11.3 Å². The van der Waals surface area contributed by atoms with Crippen molar-refractivity contribution in [2.75, 3.05) is 18.0 Å². The standard InChI is InChI=1S/C18H20N4OS/c23-17-15-14(19-10-20-17)13-11-6-2-3-7-12(11)16(21-18(13)24-15)22-8-4-1-5-9-22/h10H,1-9H2,(H,19,20,23). The van der Waals surface area contributed by atoms with Crippen molar-refractivity contribution in [3.8, 4) is 0 Å². The summed E-state index contributed by atoms with van der Waals surface area (Å²) < 4.78 is 0.712. The minimum atomic E-state index is -0.0490. The fraction of sp³-hybridized carbons (Fsp3) is 0.500. The second-order valence-corrected chi connectivity index (χ2v) is 7.84. The summed E-state index contributed by atoms with van der Waals surface area (Å²) >= 11 is 1.50. The zero-order valence-corrected chi connectivity index (χ0v) is 14.4. The molecule has 1 aliphatic carbocycles. The SMILES string of the molecule is O=c1[nH]cnc2c1sc1nc(N3CCCCC3)c3c(c12)CCCC3. The van der Waals surface area contributed by atoms with Crippen LogP contribution in [0.4, 0.5) is 5.82 Å². The number of pyridine rings is 1. The molecule has 24 heavy (non-hydrogen) atoms. The number of aromatic amines is 1. The number of aryl methyl sites for hydroxylation is 1. The molecular formula is C18H20N4OS. The van der Waals surface area contributed by atoms with Crippen LogP contribution in [0, 0.1) is 0 Å². The highest BCUT2D eigenvalue weighted by atomic mass is 32.1. The Hall–Kier alpha value is -1.95. The monoisotopic (exact) mass is 340 g/mol. The van der Waals surface area contributed by atoms with Gasteiger partial charge in [-0.2, -0.15) is 0 Å². The average Bonchev–Trinajstić information content (AvgIpc) is 3.02. The molecule has 5 rings (SSSR count). The van der Waals surface area contributed by atoms with Crippen LogP contribution in [-0.2, 0) is 12.8 Å². The highest BCUT2D eigenvalue weighted by molar-refractivity contribution is 7.25. The largest absolute Gasteiger partial charge is 0.356 e. The fourth-order valence-corrected chi connectivity index (χ4v) is 5.27. The molecule has 6 heteroatoms. The lowest BCUT2D eigenvalue weighted by atomic mass is 9.89. The molecule has 0 saturated carbocycles. The van der Waals surface area contributed by atoms with E-state index < -0.39 is 0 Å². The number of H-pyrrole nitrogens is 1. The van der Waals surface area contributed by atoms with Crippen LogP contribution < -0.4 is 10.5 Å². The summed E-state index contributed by atoms with van der Waals surface area (Å²) in [6, 6.07) is 0. The molecule has 0 unspecified atom stereocenters. The van der Waals surface area contributed by atoms with Crippen LogP contribution in [0.5, 0.6) is 0 Å². The Kier molecular flexibility index (Phi) is 3.33. The van der Waals surface area contributed by atoms with E-state index in [1.165, 1.54) is 66.7 Å². The Labute approximate surface area is 143 Å². The molecule has 2 aliphatic rings. The van der Waals surface area contributed by atoms with Crippen molar-refractivity contribution < 1.29 is 0 Å². The number of thiophene rings is 1. The lowest BCUT2D eigenvalue weighted by molar-refractivity contribution is 0.569. The van der Waals surface area contributed by atoms with Gasteiger partial charge >= 0.3 is 0 Å². The number of hydrogen-bond donors (Lipinski definition) is 1. The van der Waals surface area contributed by atoms with Crippen LogP contribution in [0.25, 0.3) is 20.4 Å². The summed E-state index contributed by atoms with van der Waals surface area (Å²) in [6.07, 6.45) is 9.97. The molecule has 1 fully saturated rings. The molecule has 1 saturated heterocycles. The van der Waals surface area contributed by atoms with Crippen LogP contribution >= 0.6 is 11.3 Å². The number of nitrogens with one attached hydrogen (secondary N) is 1. The molecule has 1 aliphatic heterocycles. The van der Waals surface area contributed by atoms with E-state index in [1.807, 2.05) is 0 Å².